The predicted molar refractivity (Wildman–Crippen MR) is 112 cm³/mol. The van der Waals surface area contributed by atoms with E-state index in [0.717, 1.165) is 46.8 Å². The van der Waals surface area contributed by atoms with Crippen LogP contribution in [-0.2, 0) is 11.2 Å². The highest BCUT2D eigenvalue weighted by Crippen LogP contribution is 2.50. The number of hydrogen-bond donors (Lipinski definition) is 1. The summed E-state index contributed by atoms with van der Waals surface area (Å²) in [5.41, 5.74) is 3.75. The van der Waals surface area contributed by atoms with Crippen molar-refractivity contribution >= 4 is 17.5 Å². The van der Waals surface area contributed by atoms with Crippen LogP contribution in [0.15, 0.2) is 54.6 Å². The van der Waals surface area contributed by atoms with Crippen molar-refractivity contribution in [2.75, 3.05) is 13.6 Å². The van der Waals surface area contributed by atoms with Gasteiger partial charge in [-0.2, -0.15) is 5.10 Å². The van der Waals surface area contributed by atoms with E-state index in [-0.39, 0.29) is 23.6 Å². The van der Waals surface area contributed by atoms with E-state index >= 15 is 0 Å². The molecule has 0 spiro atoms. The Morgan fingerprint density at radius 2 is 2.00 bits per heavy atom. The number of aromatic amines is 1. The molecule has 1 aliphatic carbocycles. The lowest BCUT2D eigenvalue weighted by atomic mass is 10.1. The molecule has 4 nitrogen and oxygen atoms in total. The Morgan fingerprint density at radius 1 is 1.24 bits per heavy atom. The number of halogens is 2. The van der Waals surface area contributed by atoms with Gasteiger partial charge in [0.2, 0.25) is 5.91 Å². The van der Waals surface area contributed by atoms with E-state index in [1.54, 1.807) is 12.1 Å². The minimum atomic E-state index is -0.260. The summed E-state index contributed by atoms with van der Waals surface area (Å²) < 4.78 is 13.0. The van der Waals surface area contributed by atoms with Gasteiger partial charge in [-0.1, -0.05) is 29.8 Å². The molecule has 1 amide bonds. The Bertz CT molecular complexity index is 1000. The predicted octanol–water partition coefficient (Wildman–Crippen LogP) is 5.06. The standard InChI is InChI=1S/C23H23ClFN3O/c1-28(23(29)20-14-19(20)18-6-2-3-7-21(18)24)12-4-5-17-13-22(27-26-17)15-8-10-16(25)11-9-15/h2-3,6-11,13,19-20H,4-5,12,14H2,1H3,(H,26,27). The summed E-state index contributed by atoms with van der Waals surface area (Å²) in [5, 5.41) is 8.07. The van der Waals surface area contributed by atoms with Crippen molar-refractivity contribution in [2.24, 2.45) is 5.92 Å². The molecular weight excluding hydrogens is 389 g/mol. The van der Waals surface area contributed by atoms with E-state index in [9.17, 15) is 9.18 Å². The van der Waals surface area contributed by atoms with E-state index in [1.165, 1.54) is 12.1 Å². The Labute approximate surface area is 174 Å². The summed E-state index contributed by atoms with van der Waals surface area (Å²) in [6, 6.07) is 16.0. The Balaban J connectivity index is 1.26. The molecular formula is C23H23ClFN3O. The first kappa shape index (κ1) is 19.6. The molecule has 0 saturated heterocycles. The number of nitrogens with zero attached hydrogens (tertiary/aromatic N) is 2. The first-order valence-electron chi connectivity index (χ1n) is 9.82. The van der Waals surface area contributed by atoms with Gasteiger partial charge in [-0.15, -0.1) is 0 Å². The molecule has 4 rings (SSSR count). The van der Waals surface area contributed by atoms with Gasteiger partial charge in [-0.05, 0) is 67.1 Å². The van der Waals surface area contributed by atoms with Crippen LogP contribution in [0.3, 0.4) is 0 Å². The van der Waals surface area contributed by atoms with Crippen molar-refractivity contribution in [1.82, 2.24) is 15.1 Å². The van der Waals surface area contributed by atoms with Crippen molar-refractivity contribution < 1.29 is 9.18 Å². The average molecular weight is 412 g/mol. The maximum absolute atomic E-state index is 13.0. The third kappa shape index (κ3) is 4.51. The zero-order chi connectivity index (χ0) is 20.4. The maximum Gasteiger partial charge on any atom is 0.226 e. The highest BCUT2D eigenvalue weighted by molar-refractivity contribution is 6.31. The number of hydrogen-bond acceptors (Lipinski definition) is 2. The molecule has 6 heteroatoms. The molecule has 0 aliphatic heterocycles. The van der Waals surface area contributed by atoms with Crippen LogP contribution in [0.5, 0.6) is 0 Å². The molecule has 2 aromatic carbocycles. The first-order valence-corrected chi connectivity index (χ1v) is 10.2. The van der Waals surface area contributed by atoms with Crippen LogP contribution >= 0.6 is 11.6 Å². The zero-order valence-electron chi connectivity index (χ0n) is 16.2. The summed E-state index contributed by atoms with van der Waals surface area (Å²) in [6.07, 6.45) is 2.51. The van der Waals surface area contributed by atoms with Crippen molar-refractivity contribution in [3.05, 3.63) is 76.7 Å². The fraction of sp³-hybridized carbons (Fsp3) is 0.304. The van der Waals surface area contributed by atoms with Crippen LogP contribution in [-0.4, -0.2) is 34.6 Å². The number of amides is 1. The van der Waals surface area contributed by atoms with E-state index in [1.807, 2.05) is 42.3 Å². The Hall–Kier alpha value is -2.66. The van der Waals surface area contributed by atoms with Crippen LogP contribution in [0.2, 0.25) is 5.02 Å². The quantitative estimate of drug-likeness (QED) is 0.590. The van der Waals surface area contributed by atoms with E-state index < -0.39 is 0 Å². The molecule has 1 N–H and O–H groups in total. The van der Waals surface area contributed by atoms with Gasteiger partial charge in [-0.3, -0.25) is 9.89 Å². The van der Waals surface area contributed by atoms with E-state index in [2.05, 4.69) is 10.2 Å². The Morgan fingerprint density at radius 3 is 2.76 bits per heavy atom. The molecule has 1 aliphatic rings. The van der Waals surface area contributed by atoms with Crippen LogP contribution in [0, 0.1) is 11.7 Å². The number of aryl methyl sites for hydroxylation is 1. The van der Waals surface area contributed by atoms with Gasteiger partial charge in [0.1, 0.15) is 5.82 Å². The normalized spacial score (nSPS) is 17.9. The molecule has 2 unspecified atom stereocenters. The number of nitrogens with one attached hydrogen (secondary N) is 1. The fourth-order valence-corrected chi connectivity index (χ4v) is 4.02. The van der Waals surface area contributed by atoms with Crippen LogP contribution in [0.4, 0.5) is 4.39 Å². The highest BCUT2D eigenvalue weighted by atomic mass is 35.5. The molecule has 3 aromatic rings. The van der Waals surface area contributed by atoms with Crippen LogP contribution < -0.4 is 0 Å². The maximum atomic E-state index is 13.0. The van der Waals surface area contributed by atoms with E-state index in [0.29, 0.717) is 6.54 Å². The smallest absolute Gasteiger partial charge is 0.226 e. The van der Waals surface area contributed by atoms with Crippen molar-refractivity contribution in [3.63, 3.8) is 0 Å². The largest absolute Gasteiger partial charge is 0.345 e. The van der Waals surface area contributed by atoms with Gasteiger partial charge < -0.3 is 4.90 Å². The van der Waals surface area contributed by atoms with Crippen molar-refractivity contribution in [1.29, 1.82) is 0 Å². The van der Waals surface area contributed by atoms with Gasteiger partial charge in [0.25, 0.3) is 0 Å². The first-order chi connectivity index (χ1) is 14.0. The average Bonchev–Trinajstić information content (AvgIpc) is 3.37. The number of aromatic nitrogens is 2. The van der Waals surface area contributed by atoms with Gasteiger partial charge in [0.15, 0.2) is 0 Å². The van der Waals surface area contributed by atoms with Crippen LogP contribution in [0.25, 0.3) is 11.3 Å². The summed E-state index contributed by atoms with van der Waals surface area (Å²) >= 11 is 6.26. The van der Waals surface area contributed by atoms with Gasteiger partial charge in [0.05, 0.1) is 5.69 Å². The number of carbonyl (C=O) groups excluding carboxylic acids is 1. The lowest BCUT2D eigenvalue weighted by Crippen LogP contribution is -2.29. The van der Waals surface area contributed by atoms with Crippen LogP contribution in [0.1, 0.15) is 30.0 Å². The molecule has 1 saturated carbocycles. The van der Waals surface area contributed by atoms with Crippen molar-refractivity contribution in [2.45, 2.75) is 25.2 Å². The van der Waals surface area contributed by atoms with E-state index in [4.69, 9.17) is 11.6 Å². The van der Waals surface area contributed by atoms with Gasteiger partial charge >= 0.3 is 0 Å². The third-order valence-electron chi connectivity index (χ3n) is 5.50. The summed E-state index contributed by atoms with van der Waals surface area (Å²) in [6.45, 7) is 0.690. The molecule has 0 radical (unpaired) electrons. The minimum Gasteiger partial charge on any atom is -0.345 e. The second-order valence-electron chi connectivity index (χ2n) is 7.62. The second kappa shape index (κ2) is 8.37. The summed E-state index contributed by atoms with van der Waals surface area (Å²) in [4.78, 5) is 14.5. The highest BCUT2D eigenvalue weighted by Gasteiger charge is 2.45. The Kier molecular flexibility index (Phi) is 5.67. The number of rotatable bonds is 7. The number of carbonyl (C=O) groups is 1. The third-order valence-corrected chi connectivity index (χ3v) is 5.84. The SMILES string of the molecule is CN(CCCc1cc(-c2ccc(F)cc2)n[nH]1)C(=O)C1CC1c1ccccc1Cl. The molecule has 150 valence electrons. The van der Waals surface area contributed by atoms with Gasteiger partial charge in [0, 0.05) is 35.8 Å². The number of H-pyrrole nitrogens is 1. The lowest BCUT2D eigenvalue weighted by molar-refractivity contribution is -0.131. The fourth-order valence-electron chi connectivity index (χ4n) is 3.75. The second-order valence-corrected chi connectivity index (χ2v) is 8.03. The molecule has 0 bridgehead atoms. The lowest BCUT2D eigenvalue weighted by Gasteiger charge is -2.17. The topological polar surface area (TPSA) is 49.0 Å². The molecule has 29 heavy (non-hydrogen) atoms. The molecule has 1 heterocycles. The minimum absolute atomic E-state index is 0.0390. The molecule has 1 fully saturated rings. The molecule has 2 atom stereocenters. The van der Waals surface area contributed by atoms with Crippen molar-refractivity contribution in [3.8, 4) is 11.3 Å². The summed E-state index contributed by atoms with van der Waals surface area (Å²) in [7, 11) is 1.86. The summed E-state index contributed by atoms with van der Waals surface area (Å²) in [5.74, 6) is 0.206. The monoisotopic (exact) mass is 411 g/mol. The number of benzene rings is 2. The zero-order valence-corrected chi connectivity index (χ0v) is 17.0. The van der Waals surface area contributed by atoms with Gasteiger partial charge in [-0.25, -0.2) is 4.39 Å². The molecule has 1 aromatic heterocycles.